The monoisotopic (exact) mass is 143 g/mol. The predicted octanol–water partition coefficient (Wildman–Crippen LogP) is 0.709. The molecule has 0 heterocycles. The normalized spacial score (nSPS) is 21.6. The van der Waals surface area contributed by atoms with Crippen LogP contribution in [0.1, 0.15) is 19.8 Å². The van der Waals surface area contributed by atoms with Crippen molar-refractivity contribution in [3.63, 3.8) is 0 Å². The molecule has 60 valence electrons. The molecular formula is C8H17NO. The van der Waals surface area contributed by atoms with Gasteiger partial charge in [0.1, 0.15) is 0 Å². The zero-order valence-electron chi connectivity index (χ0n) is 6.88. The van der Waals surface area contributed by atoms with Crippen LogP contribution in [0, 0.1) is 5.92 Å². The third-order valence-electron chi connectivity index (χ3n) is 2.08. The van der Waals surface area contributed by atoms with Crippen LogP contribution >= 0.6 is 0 Å². The van der Waals surface area contributed by atoms with Gasteiger partial charge in [-0.1, -0.05) is 6.92 Å². The Balaban J connectivity index is 2.10. The van der Waals surface area contributed by atoms with Crippen molar-refractivity contribution >= 4 is 0 Å². The van der Waals surface area contributed by atoms with Crippen LogP contribution in [0.25, 0.3) is 0 Å². The van der Waals surface area contributed by atoms with Gasteiger partial charge in [-0.05, 0) is 25.8 Å². The lowest BCUT2D eigenvalue weighted by Gasteiger charge is -2.18. The van der Waals surface area contributed by atoms with Crippen LogP contribution in [0.15, 0.2) is 0 Å². The van der Waals surface area contributed by atoms with Crippen molar-refractivity contribution < 1.29 is 5.11 Å². The molecule has 1 aliphatic rings. The van der Waals surface area contributed by atoms with E-state index in [1.807, 2.05) is 0 Å². The molecule has 0 bridgehead atoms. The van der Waals surface area contributed by atoms with Gasteiger partial charge in [-0.25, -0.2) is 0 Å². The molecule has 1 saturated carbocycles. The summed E-state index contributed by atoms with van der Waals surface area (Å²) in [5.41, 5.74) is 0. The van der Waals surface area contributed by atoms with E-state index in [1.165, 1.54) is 12.8 Å². The van der Waals surface area contributed by atoms with E-state index >= 15 is 0 Å². The highest BCUT2D eigenvalue weighted by molar-refractivity contribution is 4.82. The second-order valence-electron chi connectivity index (χ2n) is 3.46. The van der Waals surface area contributed by atoms with Crippen molar-refractivity contribution in [2.24, 2.45) is 5.92 Å². The van der Waals surface area contributed by atoms with Crippen molar-refractivity contribution in [2.75, 3.05) is 20.2 Å². The number of hydrogen-bond donors (Lipinski definition) is 1. The number of hydrogen-bond acceptors (Lipinski definition) is 2. The fourth-order valence-electron chi connectivity index (χ4n) is 1.21. The highest BCUT2D eigenvalue weighted by Gasteiger charge is 2.26. The maximum absolute atomic E-state index is 8.76. The van der Waals surface area contributed by atoms with E-state index in [1.54, 1.807) is 0 Å². The molecular weight excluding hydrogens is 126 g/mol. The van der Waals surface area contributed by atoms with Gasteiger partial charge in [0, 0.05) is 19.2 Å². The molecule has 1 N–H and O–H groups in total. The van der Waals surface area contributed by atoms with Crippen LogP contribution in [-0.4, -0.2) is 36.2 Å². The first-order chi connectivity index (χ1) is 4.74. The van der Waals surface area contributed by atoms with Gasteiger partial charge in [-0.2, -0.15) is 0 Å². The van der Waals surface area contributed by atoms with Crippen molar-refractivity contribution in [1.82, 2.24) is 4.90 Å². The van der Waals surface area contributed by atoms with Crippen LogP contribution in [0.3, 0.4) is 0 Å². The van der Waals surface area contributed by atoms with Crippen LogP contribution < -0.4 is 0 Å². The molecule has 2 nitrogen and oxygen atoms in total. The number of aliphatic hydroxyl groups is 1. The zero-order chi connectivity index (χ0) is 7.56. The maximum Gasteiger partial charge on any atom is 0.0468 e. The molecule has 0 spiro atoms. The number of nitrogens with zero attached hydrogens (tertiary/aromatic N) is 1. The van der Waals surface area contributed by atoms with E-state index in [9.17, 15) is 0 Å². The number of rotatable bonds is 4. The fraction of sp³-hybridized carbons (Fsp3) is 1.00. The van der Waals surface area contributed by atoms with Gasteiger partial charge in [-0.3, -0.25) is 0 Å². The van der Waals surface area contributed by atoms with E-state index in [2.05, 4.69) is 18.9 Å². The molecule has 0 aromatic heterocycles. The molecule has 0 aliphatic heterocycles. The molecule has 1 unspecified atom stereocenters. The average Bonchev–Trinajstić information content (AvgIpc) is 2.68. The molecule has 0 radical (unpaired) electrons. The molecule has 0 saturated heterocycles. The fourth-order valence-corrected chi connectivity index (χ4v) is 1.21. The zero-order valence-corrected chi connectivity index (χ0v) is 6.88. The van der Waals surface area contributed by atoms with Crippen LogP contribution in [0.5, 0.6) is 0 Å². The molecule has 0 aromatic rings. The van der Waals surface area contributed by atoms with Gasteiger partial charge in [-0.15, -0.1) is 0 Å². The SMILES string of the molecule is CC(CO)CN(C)C1CC1. The Morgan fingerprint density at radius 2 is 2.20 bits per heavy atom. The summed E-state index contributed by atoms with van der Waals surface area (Å²) in [5, 5.41) is 8.76. The van der Waals surface area contributed by atoms with Crippen molar-refractivity contribution in [3.05, 3.63) is 0 Å². The summed E-state index contributed by atoms with van der Waals surface area (Å²) in [6.07, 6.45) is 2.71. The Kier molecular flexibility index (Phi) is 2.69. The van der Waals surface area contributed by atoms with Crippen LogP contribution in [0.4, 0.5) is 0 Å². The summed E-state index contributed by atoms with van der Waals surface area (Å²) in [4.78, 5) is 2.35. The Bertz CT molecular complexity index is 101. The maximum atomic E-state index is 8.76. The quantitative estimate of drug-likeness (QED) is 0.626. The third kappa shape index (κ3) is 2.27. The van der Waals surface area contributed by atoms with Gasteiger partial charge in [0.2, 0.25) is 0 Å². The van der Waals surface area contributed by atoms with Gasteiger partial charge < -0.3 is 10.0 Å². The van der Waals surface area contributed by atoms with Crippen molar-refractivity contribution in [2.45, 2.75) is 25.8 Å². The van der Waals surface area contributed by atoms with E-state index in [4.69, 9.17) is 5.11 Å². The van der Waals surface area contributed by atoms with E-state index in [-0.39, 0.29) is 0 Å². The lowest BCUT2D eigenvalue weighted by molar-refractivity contribution is 0.187. The van der Waals surface area contributed by atoms with Crippen LogP contribution in [0.2, 0.25) is 0 Å². The Hall–Kier alpha value is -0.0800. The molecule has 2 heteroatoms. The molecule has 1 atom stereocenters. The second-order valence-corrected chi connectivity index (χ2v) is 3.46. The first-order valence-corrected chi connectivity index (χ1v) is 4.05. The molecule has 1 fully saturated rings. The summed E-state index contributed by atoms with van der Waals surface area (Å²) in [6.45, 7) is 3.44. The standard InChI is InChI=1S/C8H17NO/c1-7(6-10)5-9(2)8-3-4-8/h7-8,10H,3-6H2,1-2H3. The highest BCUT2D eigenvalue weighted by atomic mass is 16.3. The topological polar surface area (TPSA) is 23.5 Å². The van der Waals surface area contributed by atoms with Crippen LogP contribution in [-0.2, 0) is 0 Å². The van der Waals surface area contributed by atoms with Crippen molar-refractivity contribution in [3.8, 4) is 0 Å². The minimum absolute atomic E-state index is 0.317. The Morgan fingerprint density at radius 1 is 1.60 bits per heavy atom. The van der Waals surface area contributed by atoms with Gasteiger partial charge in [0.25, 0.3) is 0 Å². The number of aliphatic hydroxyl groups excluding tert-OH is 1. The lowest BCUT2D eigenvalue weighted by Crippen LogP contribution is -2.27. The average molecular weight is 143 g/mol. The Morgan fingerprint density at radius 3 is 2.60 bits per heavy atom. The first kappa shape index (κ1) is 8.02. The summed E-state index contributed by atoms with van der Waals surface area (Å²) in [7, 11) is 2.14. The van der Waals surface area contributed by atoms with Gasteiger partial charge in [0.05, 0.1) is 0 Å². The van der Waals surface area contributed by atoms with Crippen molar-refractivity contribution in [1.29, 1.82) is 0 Å². The summed E-state index contributed by atoms with van der Waals surface area (Å²) in [5.74, 6) is 0.436. The first-order valence-electron chi connectivity index (χ1n) is 4.05. The summed E-state index contributed by atoms with van der Waals surface area (Å²) < 4.78 is 0. The Labute approximate surface area is 62.8 Å². The van der Waals surface area contributed by atoms with Gasteiger partial charge >= 0.3 is 0 Å². The predicted molar refractivity (Wildman–Crippen MR) is 41.9 cm³/mol. The summed E-state index contributed by atoms with van der Waals surface area (Å²) in [6, 6.07) is 0.828. The second kappa shape index (κ2) is 3.35. The minimum Gasteiger partial charge on any atom is -0.396 e. The summed E-state index contributed by atoms with van der Waals surface area (Å²) >= 11 is 0. The van der Waals surface area contributed by atoms with E-state index in [0.717, 1.165) is 12.6 Å². The molecule has 1 aliphatic carbocycles. The molecule has 1 rings (SSSR count). The smallest absolute Gasteiger partial charge is 0.0468 e. The molecule has 0 aromatic carbocycles. The lowest BCUT2D eigenvalue weighted by atomic mass is 10.2. The molecule has 0 amide bonds. The minimum atomic E-state index is 0.317. The van der Waals surface area contributed by atoms with E-state index in [0.29, 0.717) is 12.5 Å². The third-order valence-corrected chi connectivity index (χ3v) is 2.08. The molecule has 10 heavy (non-hydrogen) atoms. The largest absolute Gasteiger partial charge is 0.396 e. The van der Waals surface area contributed by atoms with E-state index < -0.39 is 0 Å². The highest BCUT2D eigenvalue weighted by Crippen LogP contribution is 2.25. The van der Waals surface area contributed by atoms with Gasteiger partial charge in [0.15, 0.2) is 0 Å².